The third-order valence-corrected chi connectivity index (χ3v) is 8.48. The van der Waals surface area contributed by atoms with Gasteiger partial charge in [0.2, 0.25) is 15.9 Å². The molecule has 0 radical (unpaired) electrons. The van der Waals surface area contributed by atoms with Crippen LogP contribution < -0.4 is 0 Å². The maximum Gasteiger partial charge on any atom is 0.239 e. The van der Waals surface area contributed by atoms with E-state index in [1.54, 1.807) is 13.0 Å². The van der Waals surface area contributed by atoms with Crippen LogP contribution in [0.1, 0.15) is 46.5 Å². The molecule has 2 bridgehead atoms. The van der Waals surface area contributed by atoms with Crippen LogP contribution in [-0.2, 0) is 14.8 Å². The van der Waals surface area contributed by atoms with Gasteiger partial charge in [-0.25, -0.2) is 12.7 Å². The van der Waals surface area contributed by atoms with Gasteiger partial charge in [-0.2, -0.15) is 0 Å². The molecule has 1 saturated heterocycles. The number of hydrogen-bond donors (Lipinski definition) is 0. The molecule has 4 atom stereocenters. The minimum atomic E-state index is -3.47. The second kappa shape index (κ2) is 4.34. The van der Waals surface area contributed by atoms with Crippen molar-refractivity contribution in [1.82, 2.24) is 4.31 Å². The summed E-state index contributed by atoms with van der Waals surface area (Å²) in [5.74, 6) is 0.151. The van der Waals surface area contributed by atoms with Gasteiger partial charge in [0.1, 0.15) is 0 Å². The summed E-state index contributed by atoms with van der Waals surface area (Å²) in [6.45, 7) is 9.84. The molecule has 3 rings (SSSR count). The molecule has 2 saturated carbocycles. The molecular formula is C16H25NO3S. The number of carbonyl (C=O) groups excluding carboxylic acids is 1. The Morgan fingerprint density at radius 3 is 2.71 bits per heavy atom. The van der Waals surface area contributed by atoms with Crippen molar-refractivity contribution < 1.29 is 13.2 Å². The fraction of sp³-hybridized carbons (Fsp3) is 0.812. The van der Waals surface area contributed by atoms with Crippen LogP contribution in [0.15, 0.2) is 12.7 Å². The van der Waals surface area contributed by atoms with Crippen LogP contribution in [0.2, 0.25) is 0 Å². The topological polar surface area (TPSA) is 54.5 Å². The Balaban J connectivity index is 2.00. The molecule has 3 fully saturated rings. The summed E-state index contributed by atoms with van der Waals surface area (Å²) >= 11 is 0. The predicted octanol–water partition coefficient (Wildman–Crippen LogP) is 2.57. The van der Waals surface area contributed by atoms with Crippen LogP contribution >= 0.6 is 0 Å². The zero-order chi connectivity index (χ0) is 15.6. The molecule has 1 aliphatic heterocycles. The summed E-state index contributed by atoms with van der Waals surface area (Å²) in [7, 11) is -3.47. The number of carbonyl (C=O) groups is 1. The van der Waals surface area contributed by atoms with E-state index in [0.717, 1.165) is 19.3 Å². The lowest BCUT2D eigenvalue weighted by molar-refractivity contribution is -0.132. The standard InChI is InChI=1S/C16H25NO3S/c1-5-6-11(2)14(18)17-13-9-12-7-8-16(13,15(12,3)4)10-21(17,19)20/h5,11-13H,1,6-10H2,2-4H3/t11-,12-,13-,16-/m1/s1. The third kappa shape index (κ3) is 1.73. The van der Waals surface area contributed by atoms with E-state index in [9.17, 15) is 13.2 Å². The second-order valence-electron chi connectivity index (χ2n) is 7.68. The van der Waals surface area contributed by atoms with Crippen LogP contribution in [0.4, 0.5) is 0 Å². The van der Waals surface area contributed by atoms with E-state index in [1.165, 1.54) is 4.31 Å². The first-order valence-corrected chi connectivity index (χ1v) is 9.45. The van der Waals surface area contributed by atoms with Gasteiger partial charge in [-0.3, -0.25) is 4.79 Å². The van der Waals surface area contributed by atoms with Crippen LogP contribution in [0.3, 0.4) is 0 Å². The molecule has 0 aromatic carbocycles. The van der Waals surface area contributed by atoms with Crippen LogP contribution in [0, 0.1) is 22.7 Å². The molecule has 0 N–H and O–H groups in total. The summed E-state index contributed by atoms with van der Waals surface area (Å²) < 4.78 is 26.6. The Morgan fingerprint density at radius 2 is 2.14 bits per heavy atom. The van der Waals surface area contributed by atoms with Crippen molar-refractivity contribution in [2.75, 3.05) is 5.75 Å². The highest BCUT2D eigenvalue weighted by Gasteiger charge is 2.72. The Hall–Kier alpha value is -0.840. The molecule has 1 amide bonds. The lowest BCUT2D eigenvalue weighted by Gasteiger charge is -2.37. The molecule has 0 aromatic rings. The lowest BCUT2D eigenvalue weighted by Crippen LogP contribution is -2.45. The molecule has 118 valence electrons. The van der Waals surface area contributed by atoms with E-state index in [4.69, 9.17) is 0 Å². The molecule has 1 spiro atoms. The van der Waals surface area contributed by atoms with Crippen LogP contribution in [0.5, 0.6) is 0 Å². The predicted molar refractivity (Wildman–Crippen MR) is 82.0 cm³/mol. The smallest absolute Gasteiger partial charge is 0.239 e. The Labute approximate surface area is 127 Å². The van der Waals surface area contributed by atoms with E-state index in [-0.39, 0.29) is 34.4 Å². The fourth-order valence-electron chi connectivity index (χ4n) is 5.15. The van der Waals surface area contributed by atoms with Crippen molar-refractivity contribution >= 4 is 15.9 Å². The van der Waals surface area contributed by atoms with E-state index in [2.05, 4.69) is 20.4 Å². The molecule has 2 aliphatic carbocycles. The average Bonchev–Trinajstić information content (AvgIpc) is 2.85. The van der Waals surface area contributed by atoms with Gasteiger partial charge in [0.05, 0.1) is 11.8 Å². The highest BCUT2D eigenvalue weighted by Crippen LogP contribution is 2.70. The van der Waals surface area contributed by atoms with Crippen LogP contribution in [0.25, 0.3) is 0 Å². The minimum Gasteiger partial charge on any atom is -0.273 e. The Morgan fingerprint density at radius 1 is 1.48 bits per heavy atom. The van der Waals surface area contributed by atoms with E-state index in [0.29, 0.717) is 12.3 Å². The molecule has 0 aromatic heterocycles. The largest absolute Gasteiger partial charge is 0.273 e. The van der Waals surface area contributed by atoms with Crippen molar-refractivity contribution in [2.45, 2.75) is 52.5 Å². The number of rotatable bonds is 3. The number of nitrogens with zero attached hydrogens (tertiary/aromatic N) is 1. The molecule has 0 unspecified atom stereocenters. The van der Waals surface area contributed by atoms with Gasteiger partial charge in [0, 0.05) is 11.3 Å². The first-order chi connectivity index (χ1) is 9.67. The number of fused-ring (bicyclic) bond motifs is 1. The summed E-state index contributed by atoms with van der Waals surface area (Å²) in [5, 5.41) is 0. The Bertz CT molecular complexity index is 595. The quantitative estimate of drug-likeness (QED) is 0.753. The van der Waals surface area contributed by atoms with Crippen molar-refractivity contribution in [2.24, 2.45) is 22.7 Å². The van der Waals surface area contributed by atoms with Gasteiger partial charge in [-0.1, -0.05) is 26.8 Å². The SMILES string of the molecule is C=CC[C@@H](C)C(=O)N1[C@@H]2C[C@H]3CC[C@]2(CS1(=O)=O)C3(C)C. The molecule has 5 heteroatoms. The van der Waals surface area contributed by atoms with Gasteiger partial charge in [0.25, 0.3) is 0 Å². The summed E-state index contributed by atoms with van der Waals surface area (Å²) in [6, 6.07) is -0.115. The average molecular weight is 311 g/mol. The zero-order valence-electron chi connectivity index (χ0n) is 13.1. The van der Waals surface area contributed by atoms with Gasteiger partial charge in [-0.05, 0) is 37.0 Å². The molecule has 3 aliphatic rings. The normalized spacial score (nSPS) is 40.0. The fourth-order valence-corrected chi connectivity index (χ4v) is 7.78. The third-order valence-electron chi connectivity index (χ3n) is 6.57. The monoisotopic (exact) mass is 311 g/mol. The summed E-state index contributed by atoms with van der Waals surface area (Å²) in [4.78, 5) is 12.7. The number of sulfonamides is 1. The maximum absolute atomic E-state index is 12.7. The van der Waals surface area contributed by atoms with Gasteiger partial charge in [0.15, 0.2) is 0 Å². The van der Waals surface area contributed by atoms with Crippen LogP contribution in [-0.4, -0.2) is 30.4 Å². The summed E-state index contributed by atoms with van der Waals surface area (Å²) in [5.41, 5.74) is -0.207. The highest BCUT2D eigenvalue weighted by molar-refractivity contribution is 7.90. The molecule has 1 heterocycles. The molecule has 4 nitrogen and oxygen atoms in total. The number of allylic oxidation sites excluding steroid dienone is 1. The first-order valence-electron chi connectivity index (χ1n) is 7.84. The van der Waals surface area contributed by atoms with Crippen molar-refractivity contribution in [3.05, 3.63) is 12.7 Å². The number of amides is 1. The van der Waals surface area contributed by atoms with E-state index in [1.807, 2.05) is 0 Å². The van der Waals surface area contributed by atoms with Crippen molar-refractivity contribution in [3.8, 4) is 0 Å². The van der Waals surface area contributed by atoms with Gasteiger partial charge in [-0.15, -0.1) is 6.58 Å². The van der Waals surface area contributed by atoms with E-state index >= 15 is 0 Å². The van der Waals surface area contributed by atoms with Gasteiger partial charge >= 0.3 is 0 Å². The number of hydrogen-bond acceptors (Lipinski definition) is 3. The molecule has 21 heavy (non-hydrogen) atoms. The molecular weight excluding hydrogens is 286 g/mol. The minimum absolute atomic E-state index is 0.0153. The summed E-state index contributed by atoms with van der Waals surface area (Å²) in [6.07, 6.45) is 5.10. The second-order valence-corrected chi connectivity index (χ2v) is 9.53. The highest BCUT2D eigenvalue weighted by atomic mass is 32.2. The van der Waals surface area contributed by atoms with Gasteiger partial charge < -0.3 is 0 Å². The van der Waals surface area contributed by atoms with E-state index < -0.39 is 10.0 Å². The maximum atomic E-state index is 12.7. The lowest BCUT2D eigenvalue weighted by atomic mass is 9.69. The van der Waals surface area contributed by atoms with Crippen molar-refractivity contribution in [3.63, 3.8) is 0 Å². The zero-order valence-corrected chi connectivity index (χ0v) is 13.9. The van der Waals surface area contributed by atoms with Crippen molar-refractivity contribution in [1.29, 1.82) is 0 Å². The first kappa shape index (κ1) is 15.1. The Kier molecular flexibility index (Phi) is 3.11.